The maximum Gasteiger partial charge on any atom is 0.252 e. The molecule has 5 aromatic carbocycles. The standard InChI is InChI=1S/C66H74BN3O/c1-38-31-40(61(5,6)7)32-44-43-21-15-16-22-52-54(43)55-53(71-52)26-24-47-59(55)68(57(38)44)50-36-42(69-49-25-23-39(60(2,3)4)33-45(49)63(11)27-17-19-29-65(63,69)13)37-51-56(50)67(47)48-35-41(62(8,9)10)34-46-58(48)70(51)66(14)30-20-18-28-64(46,66)12/h15-16,21-26,31-37,43H,17-20,27-30H2,1-14H3. The van der Waals surface area contributed by atoms with Gasteiger partial charge in [-0.05, 0) is 148 Å². The molecule has 4 nitrogen and oxygen atoms in total. The number of hydrogen-bond acceptors (Lipinski definition) is 4. The molecular weight excluding hydrogens is 862 g/mol. The zero-order valence-corrected chi connectivity index (χ0v) is 45.2. The van der Waals surface area contributed by atoms with Gasteiger partial charge in [-0.3, -0.25) is 0 Å². The van der Waals surface area contributed by atoms with Gasteiger partial charge in [0, 0.05) is 56.1 Å². The summed E-state index contributed by atoms with van der Waals surface area (Å²) < 4.78 is 7.09. The van der Waals surface area contributed by atoms with E-state index >= 15 is 0 Å². The predicted molar refractivity (Wildman–Crippen MR) is 302 cm³/mol. The van der Waals surface area contributed by atoms with E-state index in [0.717, 1.165) is 17.8 Å². The van der Waals surface area contributed by atoms with Gasteiger partial charge >= 0.3 is 0 Å². The average Bonchev–Trinajstić information content (AvgIpc) is 3.72. The van der Waals surface area contributed by atoms with Crippen molar-refractivity contribution in [1.82, 2.24) is 0 Å². The normalized spacial score (nSPS) is 27.3. The van der Waals surface area contributed by atoms with Gasteiger partial charge in [0.15, 0.2) is 0 Å². The van der Waals surface area contributed by atoms with E-state index in [2.05, 4.69) is 203 Å². The fourth-order valence-corrected chi connectivity index (χ4v) is 16.3. The van der Waals surface area contributed by atoms with Gasteiger partial charge in [0.05, 0.1) is 22.5 Å². The molecule has 6 heterocycles. The Labute approximate surface area is 424 Å². The third-order valence-corrected chi connectivity index (χ3v) is 20.7. The van der Waals surface area contributed by atoms with Crippen molar-refractivity contribution in [2.75, 3.05) is 14.7 Å². The average molecular weight is 936 g/mol. The van der Waals surface area contributed by atoms with E-state index in [1.807, 2.05) is 0 Å². The van der Waals surface area contributed by atoms with Crippen LogP contribution in [0.25, 0.3) is 17.0 Å². The van der Waals surface area contributed by atoms with Crippen molar-refractivity contribution in [2.24, 2.45) is 0 Å². The van der Waals surface area contributed by atoms with Crippen LogP contribution in [0.15, 0.2) is 89.4 Å². The van der Waals surface area contributed by atoms with Gasteiger partial charge in [-0.25, -0.2) is 0 Å². The lowest BCUT2D eigenvalue weighted by atomic mass is 9.33. The number of aryl methyl sites for hydroxylation is 1. The van der Waals surface area contributed by atoms with Crippen LogP contribution in [0.2, 0.25) is 0 Å². The van der Waals surface area contributed by atoms with Crippen molar-refractivity contribution in [1.29, 1.82) is 0 Å². The van der Waals surface area contributed by atoms with E-state index < -0.39 is 0 Å². The quantitative estimate of drug-likeness (QED) is 0.153. The Hall–Kier alpha value is -5.42. The van der Waals surface area contributed by atoms with Crippen LogP contribution in [-0.2, 0) is 27.1 Å². The first-order valence-electron chi connectivity index (χ1n) is 27.5. The highest BCUT2D eigenvalue weighted by molar-refractivity contribution is 7.00. The molecule has 2 fully saturated rings. The summed E-state index contributed by atoms with van der Waals surface area (Å²) in [6.07, 6.45) is 18.9. The van der Waals surface area contributed by atoms with E-state index in [1.165, 1.54) is 145 Å². The Morgan fingerprint density at radius 3 is 1.92 bits per heavy atom. The molecule has 6 aromatic rings. The molecule has 1 aromatic heterocycles. The van der Waals surface area contributed by atoms with E-state index in [4.69, 9.17) is 4.42 Å². The maximum absolute atomic E-state index is 7.09. The van der Waals surface area contributed by atoms with Crippen LogP contribution in [0.3, 0.4) is 0 Å². The molecule has 0 amide bonds. The van der Waals surface area contributed by atoms with Crippen LogP contribution in [0, 0.1) is 6.92 Å². The lowest BCUT2D eigenvalue weighted by Gasteiger charge is -2.54. The van der Waals surface area contributed by atoms with Crippen LogP contribution < -0.4 is 31.1 Å². The number of nitrogens with zero attached hydrogens (tertiary/aromatic N) is 3. The number of benzene rings is 5. The molecular formula is C66H74BN3O. The molecule has 0 radical (unpaired) electrons. The first-order chi connectivity index (χ1) is 33.5. The maximum atomic E-state index is 7.09. The van der Waals surface area contributed by atoms with Gasteiger partial charge in [0.25, 0.3) is 6.71 Å². The van der Waals surface area contributed by atoms with E-state index in [9.17, 15) is 0 Å². The van der Waals surface area contributed by atoms with Crippen molar-refractivity contribution in [3.05, 3.63) is 135 Å². The third-order valence-electron chi connectivity index (χ3n) is 20.7. The number of rotatable bonds is 1. The summed E-state index contributed by atoms with van der Waals surface area (Å²) in [5.41, 5.74) is 26.1. The van der Waals surface area contributed by atoms with Crippen LogP contribution in [0.4, 0.5) is 39.8 Å². The van der Waals surface area contributed by atoms with Gasteiger partial charge in [-0.1, -0.05) is 163 Å². The van der Waals surface area contributed by atoms with Crippen LogP contribution >= 0.6 is 0 Å². The molecule has 0 N–H and O–H groups in total. The monoisotopic (exact) mass is 936 g/mol. The molecule has 71 heavy (non-hydrogen) atoms. The lowest BCUT2D eigenvalue weighted by Crippen LogP contribution is -2.64. The highest BCUT2D eigenvalue weighted by Gasteiger charge is 2.63. The zero-order chi connectivity index (χ0) is 49.5. The summed E-state index contributed by atoms with van der Waals surface area (Å²) in [6.45, 7) is 34.6. The third kappa shape index (κ3) is 5.34. The minimum atomic E-state index is -0.113. The second kappa shape index (κ2) is 13.6. The number of allylic oxidation sites excluding steroid dienone is 3. The minimum Gasteiger partial charge on any atom is -0.456 e. The summed E-state index contributed by atoms with van der Waals surface area (Å²) in [7, 11) is 0. The molecule has 14 rings (SSSR count). The Balaban J connectivity index is 1.16. The van der Waals surface area contributed by atoms with Gasteiger partial charge in [-0.2, -0.15) is 0 Å². The Morgan fingerprint density at radius 1 is 0.577 bits per heavy atom. The van der Waals surface area contributed by atoms with Crippen LogP contribution in [0.5, 0.6) is 0 Å². The van der Waals surface area contributed by atoms with E-state index in [0.29, 0.717) is 0 Å². The Bertz CT molecular complexity index is 3460. The summed E-state index contributed by atoms with van der Waals surface area (Å²) in [4.78, 5) is 8.66. The number of fused-ring (bicyclic) bond motifs is 13. The smallest absolute Gasteiger partial charge is 0.252 e. The van der Waals surface area contributed by atoms with Gasteiger partial charge in [-0.15, -0.1) is 0 Å². The lowest BCUT2D eigenvalue weighted by molar-refractivity contribution is 0.194. The zero-order valence-electron chi connectivity index (χ0n) is 45.2. The molecule has 2 saturated carbocycles. The van der Waals surface area contributed by atoms with Crippen molar-refractivity contribution in [3.63, 3.8) is 0 Å². The molecule has 5 unspecified atom stereocenters. The fourth-order valence-electron chi connectivity index (χ4n) is 16.3. The molecule has 8 aliphatic rings. The van der Waals surface area contributed by atoms with Gasteiger partial charge in [0.1, 0.15) is 11.3 Å². The molecule has 3 aliphatic carbocycles. The molecule has 362 valence electrons. The highest BCUT2D eigenvalue weighted by Crippen LogP contribution is 2.66. The number of hydrogen-bond donors (Lipinski definition) is 0. The largest absolute Gasteiger partial charge is 0.456 e. The SMILES string of the molecule is Cc1cc(C(C)(C)C)cc2c1N1c3cc(N4c5ccc(C(C)(C)C)cc5C5(C)CCCCC45C)cc4c3B(c3cc(C(C)(C)C)cc5c3N4C3(C)CCCCC53C)c3ccc4oc5c(c4c31)C2C=CC=C5. The Kier molecular flexibility index (Phi) is 8.48. The second-order valence-corrected chi connectivity index (χ2v) is 27.6. The second-order valence-electron chi connectivity index (χ2n) is 27.6. The predicted octanol–water partition coefficient (Wildman–Crippen LogP) is 15.8. The van der Waals surface area contributed by atoms with Crippen molar-refractivity contribution in [2.45, 2.75) is 192 Å². The van der Waals surface area contributed by atoms with Crippen molar-refractivity contribution in [3.8, 4) is 0 Å². The topological polar surface area (TPSA) is 22.9 Å². The summed E-state index contributed by atoms with van der Waals surface area (Å²) in [6, 6.07) is 28.3. The molecule has 0 saturated heterocycles. The first kappa shape index (κ1) is 44.3. The first-order valence-corrected chi connectivity index (χ1v) is 27.5. The molecule has 0 bridgehead atoms. The molecule has 5 aliphatic heterocycles. The molecule has 5 atom stereocenters. The van der Waals surface area contributed by atoms with Crippen LogP contribution in [-0.4, -0.2) is 17.8 Å². The fraction of sp³-hybridized carbons (Fsp3) is 0.455. The van der Waals surface area contributed by atoms with Crippen molar-refractivity contribution >= 4 is 80.0 Å². The molecule has 0 spiro atoms. The molecule has 5 heteroatoms. The van der Waals surface area contributed by atoms with Crippen LogP contribution in [0.1, 0.15) is 198 Å². The van der Waals surface area contributed by atoms with Gasteiger partial charge in [0.2, 0.25) is 0 Å². The highest BCUT2D eigenvalue weighted by atomic mass is 16.3. The van der Waals surface area contributed by atoms with Crippen molar-refractivity contribution < 1.29 is 4.42 Å². The summed E-state index contributed by atoms with van der Waals surface area (Å²) >= 11 is 0. The summed E-state index contributed by atoms with van der Waals surface area (Å²) in [5.74, 6) is 1.01. The summed E-state index contributed by atoms with van der Waals surface area (Å²) in [5, 5.41) is 1.27. The minimum absolute atomic E-state index is 0.000946. The van der Waals surface area contributed by atoms with E-state index in [-0.39, 0.29) is 50.8 Å². The van der Waals surface area contributed by atoms with E-state index in [1.54, 1.807) is 5.56 Å². The number of anilines is 7. The number of furan rings is 1. The Morgan fingerprint density at radius 2 is 1.21 bits per heavy atom. The van der Waals surface area contributed by atoms with Gasteiger partial charge < -0.3 is 19.1 Å².